The molecule has 0 atom stereocenters. The molecule has 0 spiro atoms. The summed E-state index contributed by atoms with van der Waals surface area (Å²) in [5.41, 5.74) is 1.21. The zero-order valence-electron chi connectivity index (χ0n) is 13.4. The molecule has 0 heterocycles. The van der Waals surface area contributed by atoms with Crippen molar-refractivity contribution >= 4 is 23.5 Å². The van der Waals surface area contributed by atoms with Crippen molar-refractivity contribution in [2.45, 2.75) is 25.7 Å². The maximum atomic E-state index is 12.2. The first-order valence-corrected chi connectivity index (χ1v) is 7.74. The third-order valence-electron chi connectivity index (χ3n) is 4.25. The SMILES string of the molecule is CN(C)C(=O)c1ccc(NC(=O)C2CCC(C(=O)O)CC2)cc1. The summed E-state index contributed by atoms with van der Waals surface area (Å²) in [7, 11) is 3.37. The molecule has 6 heteroatoms. The number of carbonyl (C=O) groups is 3. The van der Waals surface area contributed by atoms with Gasteiger partial charge in [0.2, 0.25) is 5.91 Å². The molecule has 1 aliphatic carbocycles. The van der Waals surface area contributed by atoms with Gasteiger partial charge >= 0.3 is 5.97 Å². The number of carboxylic acids is 1. The van der Waals surface area contributed by atoms with Gasteiger partial charge in [-0.15, -0.1) is 0 Å². The zero-order chi connectivity index (χ0) is 17.0. The van der Waals surface area contributed by atoms with Crippen LogP contribution in [0.25, 0.3) is 0 Å². The summed E-state index contributed by atoms with van der Waals surface area (Å²) in [6, 6.07) is 6.77. The largest absolute Gasteiger partial charge is 0.481 e. The molecule has 0 radical (unpaired) electrons. The third kappa shape index (κ3) is 4.31. The first-order chi connectivity index (χ1) is 10.9. The van der Waals surface area contributed by atoms with Crippen LogP contribution in [0, 0.1) is 11.8 Å². The van der Waals surface area contributed by atoms with Crippen LogP contribution in [0.5, 0.6) is 0 Å². The lowest BCUT2D eigenvalue weighted by atomic mass is 9.81. The van der Waals surface area contributed by atoms with Gasteiger partial charge in [0, 0.05) is 31.3 Å². The van der Waals surface area contributed by atoms with E-state index in [1.165, 1.54) is 4.90 Å². The van der Waals surface area contributed by atoms with Gasteiger partial charge in [0.05, 0.1) is 5.92 Å². The van der Waals surface area contributed by atoms with E-state index in [4.69, 9.17) is 5.11 Å². The fraction of sp³-hybridized carbons (Fsp3) is 0.471. The number of anilines is 1. The number of carboxylic acid groups (broad SMARTS) is 1. The van der Waals surface area contributed by atoms with Gasteiger partial charge in [0.15, 0.2) is 0 Å². The predicted molar refractivity (Wildman–Crippen MR) is 86.2 cm³/mol. The second kappa shape index (κ2) is 7.26. The molecule has 0 unspecified atom stereocenters. The molecule has 2 N–H and O–H groups in total. The molecule has 124 valence electrons. The van der Waals surface area contributed by atoms with Crippen molar-refractivity contribution in [2.75, 3.05) is 19.4 Å². The Balaban J connectivity index is 1.91. The Hall–Kier alpha value is -2.37. The number of nitrogens with one attached hydrogen (secondary N) is 1. The molecule has 2 amide bonds. The van der Waals surface area contributed by atoms with E-state index in [1.807, 2.05) is 0 Å². The van der Waals surface area contributed by atoms with Crippen molar-refractivity contribution in [3.8, 4) is 0 Å². The molecule has 6 nitrogen and oxygen atoms in total. The van der Waals surface area contributed by atoms with Crippen LogP contribution in [0.3, 0.4) is 0 Å². The first-order valence-electron chi connectivity index (χ1n) is 7.74. The second-order valence-electron chi connectivity index (χ2n) is 6.15. The first kappa shape index (κ1) is 17.0. The molecule has 2 rings (SSSR count). The molecular weight excluding hydrogens is 296 g/mol. The number of benzene rings is 1. The van der Waals surface area contributed by atoms with Crippen molar-refractivity contribution in [3.05, 3.63) is 29.8 Å². The van der Waals surface area contributed by atoms with Crippen LogP contribution in [0.15, 0.2) is 24.3 Å². The van der Waals surface area contributed by atoms with Crippen LogP contribution in [-0.4, -0.2) is 41.9 Å². The van der Waals surface area contributed by atoms with Gasteiger partial charge in [-0.3, -0.25) is 14.4 Å². The van der Waals surface area contributed by atoms with Crippen LogP contribution in [0.2, 0.25) is 0 Å². The summed E-state index contributed by atoms with van der Waals surface area (Å²) in [6.07, 6.45) is 2.29. The number of hydrogen-bond acceptors (Lipinski definition) is 3. The van der Waals surface area contributed by atoms with Gasteiger partial charge in [-0.25, -0.2) is 0 Å². The molecule has 0 aromatic heterocycles. The van der Waals surface area contributed by atoms with Gasteiger partial charge in [0.25, 0.3) is 5.91 Å². The summed E-state index contributed by atoms with van der Waals surface area (Å²) in [6.45, 7) is 0. The van der Waals surface area contributed by atoms with Crippen LogP contribution < -0.4 is 5.32 Å². The highest BCUT2D eigenvalue weighted by Crippen LogP contribution is 2.29. The van der Waals surface area contributed by atoms with Crippen LogP contribution in [0.4, 0.5) is 5.69 Å². The molecule has 0 aliphatic heterocycles. The Morgan fingerprint density at radius 3 is 2.00 bits per heavy atom. The molecule has 23 heavy (non-hydrogen) atoms. The van der Waals surface area contributed by atoms with E-state index < -0.39 is 5.97 Å². The summed E-state index contributed by atoms with van der Waals surface area (Å²) in [5, 5.41) is 11.8. The van der Waals surface area contributed by atoms with Crippen LogP contribution in [-0.2, 0) is 9.59 Å². The molecule has 1 aliphatic rings. The van der Waals surface area contributed by atoms with Crippen molar-refractivity contribution in [1.82, 2.24) is 4.90 Å². The normalized spacial score (nSPS) is 20.6. The smallest absolute Gasteiger partial charge is 0.306 e. The van der Waals surface area contributed by atoms with Crippen molar-refractivity contribution in [2.24, 2.45) is 11.8 Å². The quantitative estimate of drug-likeness (QED) is 0.891. The lowest BCUT2D eigenvalue weighted by Gasteiger charge is -2.25. The Bertz CT molecular complexity index is 587. The maximum Gasteiger partial charge on any atom is 0.306 e. The highest BCUT2D eigenvalue weighted by Gasteiger charge is 2.29. The molecule has 1 fully saturated rings. The van der Waals surface area contributed by atoms with Gasteiger partial charge in [0.1, 0.15) is 0 Å². The van der Waals surface area contributed by atoms with Crippen molar-refractivity contribution in [3.63, 3.8) is 0 Å². The fourth-order valence-electron chi connectivity index (χ4n) is 2.80. The summed E-state index contributed by atoms with van der Waals surface area (Å²) >= 11 is 0. The van der Waals surface area contributed by atoms with Crippen LogP contribution in [0.1, 0.15) is 36.0 Å². The van der Waals surface area contributed by atoms with E-state index in [0.717, 1.165) is 0 Å². The van der Waals surface area contributed by atoms with Gasteiger partial charge in [-0.05, 0) is 49.9 Å². The summed E-state index contributed by atoms with van der Waals surface area (Å²) < 4.78 is 0. The lowest BCUT2D eigenvalue weighted by Crippen LogP contribution is -2.29. The highest BCUT2D eigenvalue weighted by molar-refractivity contribution is 5.96. The number of nitrogens with zero attached hydrogens (tertiary/aromatic N) is 1. The topological polar surface area (TPSA) is 86.7 Å². The van der Waals surface area contributed by atoms with E-state index in [0.29, 0.717) is 36.9 Å². The second-order valence-corrected chi connectivity index (χ2v) is 6.15. The Morgan fingerprint density at radius 1 is 1.00 bits per heavy atom. The lowest BCUT2D eigenvalue weighted by molar-refractivity contribution is -0.143. The highest BCUT2D eigenvalue weighted by atomic mass is 16.4. The Labute approximate surface area is 135 Å². The molecule has 1 saturated carbocycles. The summed E-state index contributed by atoms with van der Waals surface area (Å²) in [4.78, 5) is 36.5. The van der Waals surface area contributed by atoms with Crippen molar-refractivity contribution < 1.29 is 19.5 Å². The zero-order valence-corrected chi connectivity index (χ0v) is 13.4. The monoisotopic (exact) mass is 318 g/mol. The third-order valence-corrected chi connectivity index (χ3v) is 4.25. The van der Waals surface area contributed by atoms with E-state index in [1.54, 1.807) is 38.4 Å². The Morgan fingerprint density at radius 2 is 1.52 bits per heavy atom. The van der Waals surface area contributed by atoms with Crippen molar-refractivity contribution in [1.29, 1.82) is 0 Å². The maximum absolute atomic E-state index is 12.2. The minimum atomic E-state index is -0.773. The number of aliphatic carboxylic acids is 1. The van der Waals surface area contributed by atoms with E-state index >= 15 is 0 Å². The van der Waals surface area contributed by atoms with E-state index in [2.05, 4.69) is 5.32 Å². The van der Waals surface area contributed by atoms with E-state index in [-0.39, 0.29) is 23.7 Å². The summed E-state index contributed by atoms with van der Waals surface area (Å²) in [5.74, 6) is -1.41. The fourth-order valence-corrected chi connectivity index (χ4v) is 2.80. The number of carbonyl (C=O) groups excluding carboxylic acids is 2. The standard InChI is InChI=1S/C17H22N2O4/c1-19(2)16(21)12-7-9-14(10-8-12)18-15(20)11-3-5-13(6-4-11)17(22)23/h7-11,13H,3-6H2,1-2H3,(H,18,20)(H,22,23). The minimum Gasteiger partial charge on any atom is -0.481 e. The Kier molecular flexibility index (Phi) is 5.36. The average Bonchev–Trinajstić information content (AvgIpc) is 2.54. The number of amides is 2. The minimum absolute atomic E-state index is 0.0828. The molecule has 0 saturated heterocycles. The molecule has 0 bridgehead atoms. The van der Waals surface area contributed by atoms with Crippen LogP contribution >= 0.6 is 0 Å². The number of hydrogen-bond donors (Lipinski definition) is 2. The number of rotatable bonds is 4. The van der Waals surface area contributed by atoms with Gasteiger partial charge in [-0.2, -0.15) is 0 Å². The van der Waals surface area contributed by atoms with Gasteiger partial charge in [-0.1, -0.05) is 0 Å². The average molecular weight is 318 g/mol. The van der Waals surface area contributed by atoms with E-state index in [9.17, 15) is 14.4 Å². The predicted octanol–water partition coefficient (Wildman–Crippen LogP) is 2.22. The van der Waals surface area contributed by atoms with Gasteiger partial charge < -0.3 is 15.3 Å². The molecule has 1 aromatic carbocycles. The molecule has 1 aromatic rings. The molecular formula is C17H22N2O4.